The van der Waals surface area contributed by atoms with Crippen molar-refractivity contribution in [3.8, 4) is 0 Å². The van der Waals surface area contributed by atoms with Crippen LogP contribution in [0.25, 0.3) is 21.9 Å². The molecule has 3 aromatic rings. The minimum Gasteiger partial charge on any atom is -0.462 e. The van der Waals surface area contributed by atoms with Gasteiger partial charge in [-0.2, -0.15) is 0 Å². The fraction of sp³-hybridized carbons (Fsp3) is 0.409. The number of pyridine rings is 2. The van der Waals surface area contributed by atoms with Gasteiger partial charge in [0.25, 0.3) is 0 Å². The number of likely N-dealkylation sites (N-methyl/N-ethyl adjacent to an activating group) is 1. The number of aryl methyl sites for hydroxylation is 1. The third kappa shape index (κ3) is 3.63. The van der Waals surface area contributed by atoms with E-state index in [9.17, 15) is 14.0 Å². The quantitative estimate of drug-likeness (QED) is 0.469. The summed E-state index contributed by atoms with van der Waals surface area (Å²) < 4.78 is 37.0. The van der Waals surface area contributed by atoms with Gasteiger partial charge in [-0.25, -0.2) is 18.6 Å². The van der Waals surface area contributed by atoms with E-state index in [1.807, 2.05) is 14.0 Å². The summed E-state index contributed by atoms with van der Waals surface area (Å²) in [5, 5.41) is 0.284. The zero-order valence-corrected chi connectivity index (χ0v) is 17.7. The Kier molecular flexibility index (Phi) is 5.62. The Labute approximate surface area is 177 Å². The van der Waals surface area contributed by atoms with E-state index in [1.54, 1.807) is 16.4 Å². The third-order valence-electron chi connectivity index (χ3n) is 5.66. The molecule has 0 amide bonds. The molecular weight excluding hydrogens is 406 g/mol. The highest BCUT2D eigenvalue weighted by molar-refractivity contribution is 5.97. The highest BCUT2D eigenvalue weighted by atomic mass is 19.1. The monoisotopic (exact) mass is 430 g/mol. The van der Waals surface area contributed by atoms with E-state index in [1.165, 1.54) is 18.3 Å². The normalized spacial score (nSPS) is 15.1. The van der Waals surface area contributed by atoms with Gasteiger partial charge in [-0.15, -0.1) is 0 Å². The van der Waals surface area contributed by atoms with Gasteiger partial charge in [-0.1, -0.05) is 0 Å². The molecule has 31 heavy (non-hydrogen) atoms. The van der Waals surface area contributed by atoms with Crippen LogP contribution in [0.4, 0.5) is 14.5 Å². The predicted octanol–water partition coefficient (Wildman–Crippen LogP) is 2.78. The number of piperazine rings is 1. The second-order valence-electron chi connectivity index (χ2n) is 7.62. The topological polar surface area (TPSA) is 67.7 Å². The first kappa shape index (κ1) is 21.2. The van der Waals surface area contributed by atoms with Crippen molar-refractivity contribution in [1.29, 1.82) is 0 Å². The molecule has 9 heteroatoms. The van der Waals surface area contributed by atoms with E-state index in [0.29, 0.717) is 32.7 Å². The Balaban J connectivity index is 1.94. The van der Waals surface area contributed by atoms with Crippen molar-refractivity contribution in [3.63, 3.8) is 0 Å². The number of rotatable bonds is 4. The summed E-state index contributed by atoms with van der Waals surface area (Å²) in [6.45, 7) is 6.41. The van der Waals surface area contributed by atoms with Crippen LogP contribution in [0.15, 0.2) is 23.1 Å². The largest absolute Gasteiger partial charge is 0.462 e. The number of hydrogen-bond donors (Lipinski definition) is 0. The number of ether oxygens (including phenoxy) is 1. The molecule has 1 aromatic carbocycles. The first-order chi connectivity index (χ1) is 14.8. The Bertz CT molecular complexity index is 1230. The van der Waals surface area contributed by atoms with Gasteiger partial charge < -0.3 is 19.1 Å². The van der Waals surface area contributed by atoms with E-state index in [4.69, 9.17) is 4.74 Å². The first-order valence-electron chi connectivity index (χ1n) is 10.3. The minimum absolute atomic E-state index is 0.00619. The molecule has 1 aliphatic rings. The SMILES string of the molecule is CCOC(=O)c1cn(CC)c2nc3c(F)c(N4CCN(C)CC4)c(F)cc3cc2c1=O. The maximum atomic E-state index is 15.5. The summed E-state index contributed by atoms with van der Waals surface area (Å²) in [4.78, 5) is 33.3. The number of fused-ring (bicyclic) bond motifs is 2. The average Bonchev–Trinajstić information content (AvgIpc) is 2.75. The van der Waals surface area contributed by atoms with Crippen LogP contribution < -0.4 is 10.3 Å². The fourth-order valence-corrected chi connectivity index (χ4v) is 3.95. The van der Waals surface area contributed by atoms with E-state index in [-0.39, 0.29) is 39.8 Å². The molecule has 0 radical (unpaired) electrons. The summed E-state index contributed by atoms with van der Waals surface area (Å²) in [7, 11) is 1.96. The Morgan fingerprint density at radius 3 is 2.52 bits per heavy atom. The van der Waals surface area contributed by atoms with E-state index in [0.717, 1.165) is 0 Å². The van der Waals surface area contributed by atoms with Gasteiger partial charge >= 0.3 is 5.97 Å². The van der Waals surface area contributed by atoms with Crippen LogP contribution >= 0.6 is 0 Å². The number of esters is 1. The van der Waals surface area contributed by atoms with Crippen molar-refractivity contribution in [2.45, 2.75) is 20.4 Å². The summed E-state index contributed by atoms with van der Waals surface area (Å²) in [6.07, 6.45) is 1.38. The summed E-state index contributed by atoms with van der Waals surface area (Å²) >= 11 is 0. The van der Waals surface area contributed by atoms with Gasteiger partial charge in [-0.05, 0) is 33.0 Å². The van der Waals surface area contributed by atoms with Gasteiger partial charge in [0.2, 0.25) is 5.43 Å². The summed E-state index contributed by atoms with van der Waals surface area (Å²) in [5.74, 6) is -2.18. The molecule has 1 aliphatic heterocycles. The average molecular weight is 430 g/mol. The van der Waals surface area contributed by atoms with Gasteiger partial charge in [0, 0.05) is 44.3 Å². The maximum Gasteiger partial charge on any atom is 0.343 e. The molecule has 0 spiro atoms. The zero-order chi connectivity index (χ0) is 22.3. The number of carbonyl (C=O) groups excluding carboxylic acids is 1. The minimum atomic E-state index is -0.744. The molecule has 3 heterocycles. The molecule has 0 unspecified atom stereocenters. The molecule has 0 N–H and O–H groups in total. The fourth-order valence-electron chi connectivity index (χ4n) is 3.95. The van der Waals surface area contributed by atoms with Crippen LogP contribution in [0.3, 0.4) is 0 Å². The van der Waals surface area contributed by atoms with E-state index < -0.39 is 23.0 Å². The summed E-state index contributed by atoms with van der Waals surface area (Å²) in [6, 6.07) is 2.60. The lowest BCUT2D eigenvalue weighted by molar-refractivity contribution is 0.0524. The lowest BCUT2D eigenvalue weighted by Gasteiger charge is -2.34. The number of anilines is 1. The third-order valence-corrected chi connectivity index (χ3v) is 5.66. The second kappa shape index (κ2) is 8.22. The number of halogens is 2. The number of nitrogens with zero attached hydrogens (tertiary/aromatic N) is 4. The van der Waals surface area contributed by atoms with Gasteiger partial charge in [0.05, 0.1) is 12.0 Å². The van der Waals surface area contributed by atoms with Gasteiger partial charge in [0.1, 0.15) is 28.2 Å². The second-order valence-corrected chi connectivity index (χ2v) is 7.62. The van der Waals surface area contributed by atoms with E-state index >= 15 is 4.39 Å². The number of carbonyl (C=O) groups is 1. The lowest BCUT2D eigenvalue weighted by atomic mass is 10.1. The highest BCUT2D eigenvalue weighted by Gasteiger charge is 2.25. The molecular formula is C22H24F2N4O3. The molecule has 1 saturated heterocycles. The van der Waals surface area contributed by atoms with Crippen LogP contribution in [0.1, 0.15) is 24.2 Å². The Morgan fingerprint density at radius 1 is 1.16 bits per heavy atom. The van der Waals surface area contributed by atoms with Crippen molar-refractivity contribution in [3.05, 3.63) is 45.8 Å². The molecule has 0 aliphatic carbocycles. The van der Waals surface area contributed by atoms with E-state index in [2.05, 4.69) is 9.88 Å². The highest BCUT2D eigenvalue weighted by Crippen LogP contribution is 2.31. The van der Waals surface area contributed by atoms with Crippen LogP contribution in [0, 0.1) is 11.6 Å². The summed E-state index contributed by atoms with van der Waals surface area (Å²) in [5.41, 5.74) is -0.568. The molecule has 1 fully saturated rings. The molecule has 0 atom stereocenters. The predicted molar refractivity (Wildman–Crippen MR) is 115 cm³/mol. The van der Waals surface area contributed by atoms with Crippen LogP contribution in [0.2, 0.25) is 0 Å². The molecule has 4 rings (SSSR count). The van der Waals surface area contributed by atoms with Crippen molar-refractivity contribution in [2.75, 3.05) is 44.7 Å². The maximum absolute atomic E-state index is 15.5. The van der Waals surface area contributed by atoms with Crippen molar-refractivity contribution in [2.24, 2.45) is 0 Å². The van der Waals surface area contributed by atoms with Crippen molar-refractivity contribution in [1.82, 2.24) is 14.5 Å². The van der Waals surface area contributed by atoms with Crippen LogP contribution in [-0.2, 0) is 11.3 Å². The van der Waals surface area contributed by atoms with Gasteiger partial charge in [-0.3, -0.25) is 4.79 Å². The molecule has 164 valence electrons. The molecule has 2 aromatic heterocycles. The van der Waals surface area contributed by atoms with Gasteiger partial charge in [0.15, 0.2) is 5.82 Å². The number of benzene rings is 1. The number of aromatic nitrogens is 2. The Morgan fingerprint density at radius 2 is 1.87 bits per heavy atom. The number of hydrogen-bond acceptors (Lipinski definition) is 6. The standard InChI is InChI=1S/C22H24F2N4O3/c1-4-27-12-15(22(30)31-5-2)20(29)14-10-13-11-16(23)19(17(24)18(13)25-21(14)27)28-8-6-26(3)7-9-28/h10-12H,4-9H2,1-3H3. The van der Waals surface area contributed by atoms with Crippen LogP contribution in [0.5, 0.6) is 0 Å². The molecule has 0 bridgehead atoms. The van der Waals surface area contributed by atoms with Crippen molar-refractivity contribution >= 4 is 33.6 Å². The zero-order valence-electron chi connectivity index (χ0n) is 17.7. The smallest absolute Gasteiger partial charge is 0.343 e. The van der Waals surface area contributed by atoms with Crippen LogP contribution in [-0.4, -0.2) is 60.3 Å². The lowest BCUT2D eigenvalue weighted by Crippen LogP contribution is -2.45. The first-order valence-corrected chi connectivity index (χ1v) is 10.3. The van der Waals surface area contributed by atoms with Crippen molar-refractivity contribution < 1.29 is 18.3 Å². The molecule has 0 saturated carbocycles. The molecule has 7 nitrogen and oxygen atoms in total. The Hall–Kier alpha value is -3.07.